The zero-order valence-electron chi connectivity index (χ0n) is 7.51. The van der Waals surface area contributed by atoms with Gasteiger partial charge in [0.2, 0.25) is 0 Å². The summed E-state index contributed by atoms with van der Waals surface area (Å²) in [4.78, 5) is 9.64. The fourth-order valence-electron chi connectivity index (χ4n) is 0.763. The van der Waals surface area contributed by atoms with Crippen LogP contribution in [-0.4, -0.2) is 4.92 Å². The molecule has 0 heterocycles. The molecule has 0 N–H and O–H groups in total. The second-order valence-corrected chi connectivity index (χ2v) is 3.14. The molecule has 0 saturated heterocycles. The van der Waals surface area contributed by atoms with Gasteiger partial charge in [-0.3, -0.25) is 10.1 Å². The summed E-state index contributed by atoms with van der Waals surface area (Å²) in [6.45, 7) is 0. The van der Waals surface area contributed by atoms with Gasteiger partial charge < -0.3 is 12.6 Å². The number of hydrogen-bond acceptors (Lipinski definition) is 6. The van der Waals surface area contributed by atoms with Gasteiger partial charge in [-0.05, 0) is 12.1 Å². The molecule has 1 aromatic rings. The number of halogens is 1. The van der Waals surface area contributed by atoms with Crippen LogP contribution in [0.4, 0.5) is 5.69 Å². The number of benzene rings is 1. The van der Waals surface area contributed by atoms with E-state index in [1.54, 1.807) is 0 Å². The first-order chi connectivity index (χ1) is 6.50. The molecule has 0 aromatic heterocycles. The van der Waals surface area contributed by atoms with Gasteiger partial charge in [0.1, 0.15) is 21.8 Å². The van der Waals surface area contributed by atoms with Crippen LogP contribution >= 0.6 is 11.6 Å². The van der Waals surface area contributed by atoms with Crippen molar-refractivity contribution >= 4 is 28.3 Å². The fourth-order valence-corrected chi connectivity index (χ4v) is 1.21. The summed E-state index contributed by atoms with van der Waals surface area (Å²) in [5, 5.41) is 10.3. The minimum Gasteiger partial charge on any atom is -0.532 e. The third-order valence-corrected chi connectivity index (χ3v) is 1.93. The molecule has 0 radical (unpaired) electrons. The van der Waals surface area contributed by atoms with Crippen LogP contribution in [0.25, 0.3) is 0 Å². The van der Waals surface area contributed by atoms with Crippen LogP contribution in [0.5, 0.6) is 5.75 Å². The maximum atomic E-state index is 10.4. The Balaban J connectivity index is 0.00000196. The smallest absolute Gasteiger partial charge is 0.532 e. The molecule has 0 amide bonds. The number of nitro groups is 1. The van der Waals surface area contributed by atoms with Crippen molar-refractivity contribution in [2.75, 3.05) is 0 Å². The van der Waals surface area contributed by atoms with Crippen LogP contribution in [0.2, 0.25) is 5.02 Å². The van der Waals surface area contributed by atoms with Crippen molar-refractivity contribution in [3.05, 3.63) is 33.3 Å². The van der Waals surface area contributed by atoms with Gasteiger partial charge in [0.15, 0.2) is 0 Å². The van der Waals surface area contributed by atoms with E-state index in [0.717, 1.165) is 6.07 Å². The van der Waals surface area contributed by atoms with Crippen LogP contribution in [0, 0.1) is 10.1 Å². The van der Waals surface area contributed by atoms with E-state index in [9.17, 15) is 18.5 Å². The summed E-state index contributed by atoms with van der Waals surface area (Å²) in [6.07, 6.45) is 0. The maximum absolute atomic E-state index is 10.4. The molecular formula is C6H3ClKNO5S. The van der Waals surface area contributed by atoms with Gasteiger partial charge in [-0.25, -0.2) is 0 Å². The number of rotatable bonds is 3. The average Bonchev–Trinajstić information content (AvgIpc) is 2.07. The quantitative estimate of drug-likeness (QED) is 0.301. The maximum Gasteiger partial charge on any atom is 1.00 e. The third-order valence-electron chi connectivity index (χ3n) is 1.28. The van der Waals surface area contributed by atoms with Crippen molar-refractivity contribution in [2.45, 2.75) is 0 Å². The molecule has 0 fully saturated rings. The van der Waals surface area contributed by atoms with E-state index in [4.69, 9.17) is 11.6 Å². The van der Waals surface area contributed by atoms with Crippen LogP contribution in [0.15, 0.2) is 18.2 Å². The van der Waals surface area contributed by atoms with Gasteiger partial charge in [0.25, 0.3) is 5.69 Å². The second kappa shape index (κ2) is 6.79. The van der Waals surface area contributed by atoms with Gasteiger partial charge in [-0.15, -0.1) is 0 Å². The van der Waals surface area contributed by atoms with E-state index in [1.165, 1.54) is 12.1 Å². The van der Waals surface area contributed by atoms with Gasteiger partial charge in [-0.2, -0.15) is 0 Å². The predicted octanol–water partition coefficient (Wildman–Crippen LogP) is -1.14. The SMILES string of the molecule is O=[N+]([O-])c1cc(O[S-](=O)=O)ccc1Cl.[K+]. The minimum absolute atomic E-state index is 0. The molecule has 15 heavy (non-hydrogen) atoms. The van der Waals surface area contributed by atoms with Crippen molar-refractivity contribution in [1.29, 1.82) is 0 Å². The largest absolute Gasteiger partial charge is 1.00 e. The predicted molar refractivity (Wildman–Crippen MR) is 47.5 cm³/mol. The second-order valence-electron chi connectivity index (χ2n) is 2.16. The van der Waals surface area contributed by atoms with Gasteiger partial charge in [0.05, 0.1) is 11.0 Å². The standard InChI is InChI=1S/C6H3ClNO5S.K/c7-5-2-1-4(13-14(11)12)3-6(5)8(9)10;/h1-3H;/q-1;+1. The molecule has 0 aliphatic carbocycles. The number of nitrogens with zero attached hydrogens (tertiary/aromatic N) is 1. The van der Waals surface area contributed by atoms with Crippen LogP contribution in [-0.2, 0) is 19.4 Å². The zero-order chi connectivity index (χ0) is 10.7. The summed E-state index contributed by atoms with van der Waals surface area (Å²) in [7, 11) is -2.76. The molecule has 0 atom stereocenters. The Morgan fingerprint density at radius 1 is 1.40 bits per heavy atom. The Bertz CT molecular complexity index is 441. The Hall–Kier alpha value is 0.296. The minimum atomic E-state index is -2.76. The molecular weight excluding hydrogens is 273 g/mol. The normalized spacial score (nSPS) is 9.47. The first-order valence-corrected chi connectivity index (χ1v) is 4.60. The Kier molecular flexibility index (Phi) is 6.92. The molecule has 0 spiro atoms. The molecule has 0 saturated carbocycles. The van der Waals surface area contributed by atoms with Crippen molar-refractivity contribution in [2.24, 2.45) is 0 Å². The number of nitro benzene ring substituents is 1. The summed E-state index contributed by atoms with van der Waals surface area (Å²) >= 11 is 5.48. The third kappa shape index (κ3) is 4.77. The molecule has 0 aliphatic rings. The Morgan fingerprint density at radius 2 is 2.00 bits per heavy atom. The van der Waals surface area contributed by atoms with Crippen LogP contribution < -0.4 is 55.6 Å². The first-order valence-electron chi connectivity index (χ1n) is 3.22. The topological polar surface area (TPSA) is 86.5 Å². The van der Waals surface area contributed by atoms with Crippen LogP contribution in [0.3, 0.4) is 0 Å². The molecule has 0 unspecified atom stereocenters. The summed E-state index contributed by atoms with van der Waals surface area (Å²) in [5.41, 5.74) is -0.408. The summed E-state index contributed by atoms with van der Waals surface area (Å²) < 4.78 is 24.4. The Labute approximate surface area is 134 Å². The van der Waals surface area contributed by atoms with Crippen molar-refractivity contribution in [1.82, 2.24) is 0 Å². The first kappa shape index (κ1) is 15.3. The zero-order valence-corrected chi connectivity index (χ0v) is 12.2. The molecule has 1 rings (SSSR count). The van der Waals surface area contributed by atoms with E-state index in [1.807, 2.05) is 0 Å². The van der Waals surface area contributed by atoms with Gasteiger partial charge in [0, 0.05) is 0 Å². The molecule has 1 aromatic carbocycles. The molecule has 9 heteroatoms. The molecule has 0 aliphatic heterocycles. The van der Waals surface area contributed by atoms with Crippen molar-refractivity contribution in [3.8, 4) is 5.75 Å². The molecule has 76 valence electrons. The molecule has 0 bridgehead atoms. The Morgan fingerprint density at radius 3 is 2.47 bits per heavy atom. The number of hydrogen-bond donors (Lipinski definition) is 0. The van der Waals surface area contributed by atoms with E-state index in [0.29, 0.717) is 0 Å². The average molecular weight is 276 g/mol. The van der Waals surface area contributed by atoms with Gasteiger partial charge >= 0.3 is 51.4 Å². The van der Waals surface area contributed by atoms with E-state index >= 15 is 0 Å². The molecule has 6 nitrogen and oxygen atoms in total. The summed E-state index contributed by atoms with van der Waals surface area (Å²) in [5.74, 6) is -0.158. The fraction of sp³-hybridized carbons (Fsp3) is 0. The van der Waals surface area contributed by atoms with E-state index in [2.05, 4.69) is 4.18 Å². The van der Waals surface area contributed by atoms with Crippen molar-refractivity contribution in [3.63, 3.8) is 0 Å². The monoisotopic (exact) mass is 275 g/mol. The van der Waals surface area contributed by atoms with E-state index in [-0.39, 0.29) is 62.2 Å². The van der Waals surface area contributed by atoms with Gasteiger partial charge in [-0.1, -0.05) is 11.6 Å². The van der Waals surface area contributed by atoms with E-state index < -0.39 is 21.6 Å². The van der Waals surface area contributed by atoms with Crippen LogP contribution in [0.1, 0.15) is 0 Å². The van der Waals surface area contributed by atoms with Crippen molar-refractivity contribution < 1.29 is 68.9 Å². The summed E-state index contributed by atoms with van der Waals surface area (Å²) in [6, 6.07) is 3.32.